The third-order valence-corrected chi connectivity index (χ3v) is 4.22. The lowest BCUT2D eigenvalue weighted by atomic mass is 9.74. The Kier molecular flexibility index (Phi) is 5.72. The van der Waals surface area contributed by atoms with Gasteiger partial charge in [0.2, 0.25) is 0 Å². The summed E-state index contributed by atoms with van der Waals surface area (Å²) in [4.78, 5) is 23.1. The Bertz CT molecular complexity index is 310. The summed E-state index contributed by atoms with van der Waals surface area (Å²) in [7, 11) is 0. The number of carbonyl (C=O) groups excluding carboxylic acids is 2. The van der Waals surface area contributed by atoms with E-state index in [1.54, 1.807) is 20.8 Å². The van der Waals surface area contributed by atoms with Crippen LogP contribution in [0.15, 0.2) is 0 Å². The zero-order valence-corrected chi connectivity index (χ0v) is 12.6. The first-order valence-electron chi connectivity index (χ1n) is 7.50. The van der Waals surface area contributed by atoms with Gasteiger partial charge in [-0.25, -0.2) is 0 Å². The molecule has 0 spiro atoms. The lowest BCUT2D eigenvalue weighted by Gasteiger charge is -2.33. The van der Waals surface area contributed by atoms with E-state index in [1.165, 1.54) is 32.1 Å². The molecule has 0 aromatic rings. The molecule has 1 atom stereocenters. The average Bonchev–Trinajstić information content (AvgIpc) is 2.36. The highest BCUT2D eigenvalue weighted by atomic mass is 16.3. The molecule has 0 amide bonds. The molecule has 0 saturated heterocycles. The van der Waals surface area contributed by atoms with Crippen molar-refractivity contribution in [3.63, 3.8) is 0 Å². The minimum atomic E-state index is -1.46. The maximum absolute atomic E-state index is 12.3. The minimum absolute atomic E-state index is 0.0736. The minimum Gasteiger partial charge on any atom is -0.382 e. The number of hydrogen-bond donors (Lipinski definition) is 1. The highest BCUT2D eigenvalue weighted by Crippen LogP contribution is 2.33. The molecule has 0 aromatic heterocycles. The zero-order chi connectivity index (χ0) is 14.5. The summed E-state index contributed by atoms with van der Waals surface area (Å²) in [6, 6.07) is 0. The number of hydrogen-bond acceptors (Lipinski definition) is 3. The SMILES string of the molecule is CC(C)(C)C(=O)C(O)(CC=O)CCC1CCCCC1. The molecule has 1 saturated carbocycles. The van der Waals surface area contributed by atoms with Gasteiger partial charge < -0.3 is 9.90 Å². The molecule has 1 aliphatic carbocycles. The van der Waals surface area contributed by atoms with Gasteiger partial charge in [0.25, 0.3) is 0 Å². The van der Waals surface area contributed by atoms with Gasteiger partial charge in [-0.15, -0.1) is 0 Å². The predicted molar refractivity (Wildman–Crippen MR) is 75.9 cm³/mol. The van der Waals surface area contributed by atoms with Crippen molar-refractivity contribution < 1.29 is 14.7 Å². The van der Waals surface area contributed by atoms with Crippen LogP contribution >= 0.6 is 0 Å². The summed E-state index contributed by atoms with van der Waals surface area (Å²) in [6.45, 7) is 5.39. The fourth-order valence-electron chi connectivity index (χ4n) is 3.06. The lowest BCUT2D eigenvalue weighted by molar-refractivity contribution is -0.149. The quantitative estimate of drug-likeness (QED) is 0.752. The van der Waals surface area contributed by atoms with Crippen molar-refractivity contribution in [3.05, 3.63) is 0 Å². The molecule has 1 aliphatic rings. The van der Waals surface area contributed by atoms with Crippen molar-refractivity contribution in [3.8, 4) is 0 Å². The van der Waals surface area contributed by atoms with E-state index < -0.39 is 11.0 Å². The third-order valence-electron chi connectivity index (χ3n) is 4.22. The summed E-state index contributed by atoms with van der Waals surface area (Å²) in [5, 5.41) is 10.6. The summed E-state index contributed by atoms with van der Waals surface area (Å²) < 4.78 is 0. The van der Waals surface area contributed by atoms with Gasteiger partial charge in [-0.05, 0) is 18.8 Å². The van der Waals surface area contributed by atoms with Gasteiger partial charge in [-0.2, -0.15) is 0 Å². The molecule has 1 fully saturated rings. The maximum Gasteiger partial charge on any atom is 0.170 e. The Labute approximate surface area is 116 Å². The van der Waals surface area contributed by atoms with Gasteiger partial charge >= 0.3 is 0 Å². The maximum atomic E-state index is 12.3. The van der Waals surface area contributed by atoms with Crippen LogP contribution in [0.5, 0.6) is 0 Å². The monoisotopic (exact) mass is 268 g/mol. The number of aldehydes is 1. The molecule has 110 valence electrons. The van der Waals surface area contributed by atoms with Crippen molar-refractivity contribution in [2.45, 2.75) is 77.7 Å². The zero-order valence-electron chi connectivity index (χ0n) is 12.6. The van der Waals surface area contributed by atoms with Crippen molar-refractivity contribution in [1.82, 2.24) is 0 Å². The fraction of sp³-hybridized carbons (Fsp3) is 0.875. The molecule has 0 radical (unpaired) electrons. The number of ketones is 1. The van der Waals surface area contributed by atoms with Crippen LogP contribution in [0.3, 0.4) is 0 Å². The molecular formula is C16H28O3. The van der Waals surface area contributed by atoms with E-state index in [0.29, 0.717) is 18.6 Å². The van der Waals surface area contributed by atoms with E-state index in [1.807, 2.05) is 0 Å². The Morgan fingerprint density at radius 3 is 2.26 bits per heavy atom. The van der Waals surface area contributed by atoms with Crippen LogP contribution in [-0.4, -0.2) is 22.8 Å². The molecule has 1 unspecified atom stereocenters. The third kappa shape index (κ3) is 4.72. The summed E-state index contributed by atoms with van der Waals surface area (Å²) in [5.41, 5.74) is -2.07. The van der Waals surface area contributed by atoms with Gasteiger partial charge in [0.05, 0.1) is 0 Å². The van der Waals surface area contributed by atoms with Gasteiger partial charge in [0, 0.05) is 11.8 Å². The Morgan fingerprint density at radius 2 is 1.79 bits per heavy atom. The standard InChI is InChI=1S/C16H28O3/c1-15(2,3)14(18)16(19,11-12-17)10-9-13-7-5-4-6-8-13/h12-13,19H,4-11H2,1-3H3. The van der Waals surface area contributed by atoms with Crippen LogP contribution in [-0.2, 0) is 9.59 Å². The van der Waals surface area contributed by atoms with E-state index in [2.05, 4.69) is 0 Å². The Hall–Kier alpha value is -0.700. The van der Waals surface area contributed by atoms with E-state index >= 15 is 0 Å². The molecular weight excluding hydrogens is 240 g/mol. The molecule has 0 aromatic carbocycles. The lowest BCUT2D eigenvalue weighted by Crippen LogP contribution is -2.46. The highest BCUT2D eigenvalue weighted by molar-refractivity contribution is 5.93. The average molecular weight is 268 g/mol. The molecule has 1 rings (SSSR count). The Balaban J connectivity index is 2.64. The molecule has 0 aliphatic heterocycles. The molecule has 0 heterocycles. The van der Waals surface area contributed by atoms with Crippen LogP contribution in [0.2, 0.25) is 0 Å². The van der Waals surface area contributed by atoms with Crippen molar-refractivity contribution in [2.75, 3.05) is 0 Å². The first-order chi connectivity index (χ1) is 8.79. The number of Topliss-reactive ketones (excluding diaryl/α,β-unsaturated/α-hetero) is 1. The first kappa shape index (κ1) is 16.4. The van der Waals surface area contributed by atoms with Crippen LogP contribution in [0.1, 0.15) is 72.1 Å². The summed E-state index contributed by atoms with van der Waals surface area (Å²) in [5.74, 6) is 0.405. The van der Waals surface area contributed by atoms with E-state index in [4.69, 9.17) is 0 Å². The van der Waals surface area contributed by atoms with Crippen LogP contribution in [0.25, 0.3) is 0 Å². The van der Waals surface area contributed by atoms with Crippen molar-refractivity contribution in [1.29, 1.82) is 0 Å². The number of rotatable bonds is 6. The second kappa shape index (κ2) is 6.65. The second-order valence-corrected chi connectivity index (χ2v) is 7.02. The number of aliphatic hydroxyl groups is 1. The second-order valence-electron chi connectivity index (χ2n) is 7.02. The van der Waals surface area contributed by atoms with E-state index in [0.717, 1.165) is 6.42 Å². The van der Waals surface area contributed by atoms with Gasteiger partial charge in [-0.1, -0.05) is 52.9 Å². The van der Waals surface area contributed by atoms with Crippen LogP contribution in [0.4, 0.5) is 0 Å². The van der Waals surface area contributed by atoms with Gasteiger partial charge in [0.1, 0.15) is 11.9 Å². The molecule has 0 bridgehead atoms. The van der Waals surface area contributed by atoms with E-state index in [9.17, 15) is 14.7 Å². The van der Waals surface area contributed by atoms with Crippen molar-refractivity contribution in [2.24, 2.45) is 11.3 Å². The smallest absolute Gasteiger partial charge is 0.170 e. The highest BCUT2D eigenvalue weighted by Gasteiger charge is 2.41. The van der Waals surface area contributed by atoms with Crippen molar-refractivity contribution >= 4 is 12.1 Å². The topological polar surface area (TPSA) is 54.4 Å². The number of carbonyl (C=O) groups is 2. The predicted octanol–water partition coefficient (Wildman–Crippen LogP) is 3.28. The molecule has 3 nitrogen and oxygen atoms in total. The first-order valence-corrected chi connectivity index (χ1v) is 7.50. The Morgan fingerprint density at radius 1 is 1.21 bits per heavy atom. The normalized spacial score (nSPS) is 20.8. The van der Waals surface area contributed by atoms with Crippen LogP contribution < -0.4 is 0 Å². The molecule has 19 heavy (non-hydrogen) atoms. The largest absolute Gasteiger partial charge is 0.382 e. The summed E-state index contributed by atoms with van der Waals surface area (Å²) in [6.07, 6.45) is 8.07. The molecule has 3 heteroatoms. The van der Waals surface area contributed by atoms with Gasteiger partial charge in [0.15, 0.2) is 5.78 Å². The summed E-state index contributed by atoms with van der Waals surface area (Å²) >= 11 is 0. The molecule has 1 N–H and O–H groups in total. The van der Waals surface area contributed by atoms with E-state index in [-0.39, 0.29) is 12.2 Å². The van der Waals surface area contributed by atoms with Crippen LogP contribution in [0, 0.1) is 11.3 Å². The fourth-order valence-corrected chi connectivity index (χ4v) is 3.06. The van der Waals surface area contributed by atoms with Gasteiger partial charge in [-0.3, -0.25) is 4.79 Å².